The zero-order valence-corrected chi connectivity index (χ0v) is 23.3. The molecule has 0 aliphatic heterocycles. The Balaban J connectivity index is 1.25. The molecule has 1 unspecified atom stereocenters. The van der Waals surface area contributed by atoms with Gasteiger partial charge in [-0.2, -0.15) is 5.10 Å². The molecular weight excluding hydrogens is 499 g/mol. The Morgan fingerprint density at radius 2 is 1.88 bits per heavy atom. The number of hydrogen-bond acceptors (Lipinski definition) is 2. The standard InChI is InChI=1S/C34H35FN4O/c1-22-8-7-11-29(18-22)38(3)34(40)37-31(24-9-5-4-6-10-24)19-25-12-13-26-20-32-30(23(2)33(25)26)21-36-39(32)28-16-14-27(35)15-17-28/h4-11,14-18,21,23,25,31H,12-13,19-20H2,1-3H3,(H,37,40)/t23-,25+,31?/m0/s1. The van der Waals surface area contributed by atoms with Crippen molar-refractivity contribution in [3.8, 4) is 5.69 Å². The Kier molecular flexibility index (Phi) is 7.01. The number of benzene rings is 3. The minimum absolute atomic E-state index is 0.103. The molecule has 1 heterocycles. The average Bonchev–Trinajstić information content (AvgIpc) is 3.58. The summed E-state index contributed by atoms with van der Waals surface area (Å²) in [5, 5.41) is 8.06. The number of nitrogens with zero attached hydrogens (tertiary/aromatic N) is 3. The fourth-order valence-corrected chi connectivity index (χ4v) is 6.58. The first-order valence-electron chi connectivity index (χ1n) is 14.1. The molecule has 0 fully saturated rings. The summed E-state index contributed by atoms with van der Waals surface area (Å²) in [7, 11) is 1.83. The van der Waals surface area contributed by atoms with E-state index in [2.05, 4.69) is 24.4 Å². The van der Waals surface area contributed by atoms with Crippen LogP contribution in [0, 0.1) is 18.7 Å². The summed E-state index contributed by atoms with van der Waals surface area (Å²) in [6, 6.07) is 24.7. The molecule has 204 valence electrons. The van der Waals surface area contributed by atoms with Crippen LogP contribution in [0.15, 0.2) is 96.2 Å². The van der Waals surface area contributed by atoms with E-state index in [1.165, 1.54) is 34.5 Å². The molecule has 4 aromatic rings. The predicted molar refractivity (Wildman–Crippen MR) is 157 cm³/mol. The molecule has 1 N–H and O–H groups in total. The number of rotatable bonds is 6. The van der Waals surface area contributed by atoms with Gasteiger partial charge in [0.15, 0.2) is 0 Å². The zero-order valence-electron chi connectivity index (χ0n) is 23.3. The van der Waals surface area contributed by atoms with Gasteiger partial charge in [-0.25, -0.2) is 13.9 Å². The van der Waals surface area contributed by atoms with Gasteiger partial charge in [-0.1, -0.05) is 60.5 Å². The van der Waals surface area contributed by atoms with E-state index in [0.717, 1.165) is 48.2 Å². The van der Waals surface area contributed by atoms with Crippen LogP contribution in [0.1, 0.15) is 60.5 Å². The summed E-state index contributed by atoms with van der Waals surface area (Å²) in [5.41, 5.74) is 9.45. The van der Waals surface area contributed by atoms with Crippen molar-refractivity contribution in [1.82, 2.24) is 15.1 Å². The normalized spacial score (nSPS) is 18.7. The minimum atomic E-state index is -0.244. The quantitative estimate of drug-likeness (QED) is 0.258. The van der Waals surface area contributed by atoms with Crippen molar-refractivity contribution in [3.63, 3.8) is 0 Å². The van der Waals surface area contributed by atoms with Crippen LogP contribution < -0.4 is 10.2 Å². The second-order valence-corrected chi connectivity index (χ2v) is 11.2. The number of amides is 2. The van der Waals surface area contributed by atoms with Crippen molar-refractivity contribution in [1.29, 1.82) is 0 Å². The summed E-state index contributed by atoms with van der Waals surface area (Å²) in [5.74, 6) is 0.386. The molecule has 0 saturated carbocycles. The topological polar surface area (TPSA) is 50.2 Å². The number of allylic oxidation sites excluding steroid dienone is 2. The van der Waals surface area contributed by atoms with Gasteiger partial charge in [-0.05, 0) is 79.6 Å². The Bertz CT molecular complexity index is 1560. The molecular formula is C34H35FN4O. The molecule has 2 amide bonds. The summed E-state index contributed by atoms with van der Waals surface area (Å²) in [6.07, 6.45) is 5.83. The maximum atomic E-state index is 13.5. The summed E-state index contributed by atoms with van der Waals surface area (Å²) in [6.45, 7) is 4.32. The van der Waals surface area contributed by atoms with Crippen molar-refractivity contribution >= 4 is 11.7 Å². The van der Waals surface area contributed by atoms with Gasteiger partial charge in [0.05, 0.1) is 23.6 Å². The fraction of sp³-hybridized carbons (Fsp3) is 0.294. The number of carbonyl (C=O) groups excluding carboxylic acids is 1. The number of hydrogen-bond donors (Lipinski definition) is 1. The SMILES string of the molecule is Cc1cccc(N(C)C(=O)NC(C[C@H]2CCC3=C2[C@@H](C)c2cnn(-c4ccc(F)cc4)c2C3)c2ccccc2)c1. The monoisotopic (exact) mass is 534 g/mol. The lowest BCUT2D eigenvalue weighted by atomic mass is 9.78. The molecule has 0 spiro atoms. The van der Waals surface area contributed by atoms with Crippen molar-refractivity contribution in [2.45, 2.75) is 51.5 Å². The van der Waals surface area contributed by atoms with Gasteiger partial charge in [-0.15, -0.1) is 0 Å². The fourth-order valence-electron chi connectivity index (χ4n) is 6.58. The maximum Gasteiger partial charge on any atom is 0.322 e. The third-order valence-electron chi connectivity index (χ3n) is 8.64. The number of carbonyl (C=O) groups is 1. The van der Waals surface area contributed by atoms with Gasteiger partial charge in [0.25, 0.3) is 0 Å². The van der Waals surface area contributed by atoms with E-state index in [1.807, 2.05) is 67.3 Å². The van der Waals surface area contributed by atoms with Gasteiger partial charge in [-0.3, -0.25) is 4.90 Å². The number of anilines is 1. The van der Waals surface area contributed by atoms with Gasteiger partial charge in [0, 0.05) is 30.6 Å². The van der Waals surface area contributed by atoms with E-state index in [9.17, 15) is 9.18 Å². The molecule has 0 saturated heterocycles. The van der Waals surface area contributed by atoms with Crippen LogP contribution in [-0.2, 0) is 6.42 Å². The van der Waals surface area contributed by atoms with E-state index in [4.69, 9.17) is 5.10 Å². The third-order valence-corrected chi connectivity index (χ3v) is 8.64. The van der Waals surface area contributed by atoms with Crippen LogP contribution in [-0.4, -0.2) is 22.9 Å². The van der Waals surface area contributed by atoms with Crippen molar-refractivity contribution < 1.29 is 9.18 Å². The molecule has 6 rings (SSSR count). The first-order chi connectivity index (χ1) is 19.4. The van der Waals surface area contributed by atoms with Crippen LogP contribution in [0.3, 0.4) is 0 Å². The number of aryl methyl sites for hydroxylation is 1. The largest absolute Gasteiger partial charge is 0.331 e. The first-order valence-corrected chi connectivity index (χ1v) is 14.1. The molecule has 0 radical (unpaired) electrons. The van der Waals surface area contributed by atoms with E-state index in [1.54, 1.807) is 17.0 Å². The highest BCUT2D eigenvalue weighted by molar-refractivity contribution is 5.91. The molecule has 6 heteroatoms. The Morgan fingerprint density at radius 1 is 1.10 bits per heavy atom. The van der Waals surface area contributed by atoms with Gasteiger partial charge in [0.2, 0.25) is 0 Å². The predicted octanol–water partition coefficient (Wildman–Crippen LogP) is 7.66. The number of urea groups is 1. The number of fused-ring (bicyclic) bond motifs is 1. The molecule has 0 bridgehead atoms. The number of aromatic nitrogens is 2. The lowest BCUT2D eigenvalue weighted by Gasteiger charge is -2.30. The maximum absolute atomic E-state index is 13.5. The van der Waals surface area contributed by atoms with Crippen LogP contribution in [0.25, 0.3) is 5.69 Å². The highest BCUT2D eigenvalue weighted by atomic mass is 19.1. The summed E-state index contributed by atoms with van der Waals surface area (Å²) >= 11 is 0. The second-order valence-electron chi connectivity index (χ2n) is 11.2. The van der Waals surface area contributed by atoms with Crippen LogP contribution >= 0.6 is 0 Å². The Hall–Kier alpha value is -4.19. The van der Waals surface area contributed by atoms with Gasteiger partial charge in [0.1, 0.15) is 5.82 Å². The van der Waals surface area contributed by atoms with Gasteiger partial charge >= 0.3 is 6.03 Å². The minimum Gasteiger partial charge on any atom is -0.331 e. The molecule has 1 aromatic heterocycles. The first kappa shape index (κ1) is 26.1. The molecule has 3 aromatic carbocycles. The van der Waals surface area contributed by atoms with E-state index >= 15 is 0 Å². The van der Waals surface area contributed by atoms with Crippen molar-refractivity contribution in [2.24, 2.45) is 5.92 Å². The number of nitrogens with one attached hydrogen (secondary N) is 1. The van der Waals surface area contributed by atoms with Crippen LogP contribution in [0.5, 0.6) is 0 Å². The molecule has 2 aliphatic rings. The molecule has 2 aliphatic carbocycles. The summed E-state index contributed by atoms with van der Waals surface area (Å²) < 4.78 is 15.5. The highest BCUT2D eigenvalue weighted by Crippen LogP contribution is 2.49. The zero-order chi connectivity index (χ0) is 27.8. The second kappa shape index (κ2) is 10.8. The summed E-state index contributed by atoms with van der Waals surface area (Å²) in [4.78, 5) is 15.1. The number of halogens is 1. The Morgan fingerprint density at radius 3 is 2.62 bits per heavy atom. The van der Waals surface area contributed by atoms with Crippen LogP contribution in [0.2, 0.25) is 0 Å². The van der Waals surface area contributed by atoms with Crippen molar-refractivity contribution in [3.05, 3.63) is 124 Å². The van der Waals surface area contributed by atoms with E-state index < -0.39 is 0 Å². The average molecular weight is 535 g/mol. The van der Waals surface area contributed by atoms with Crippen LogP contribution in [0.4, 0.5) is 14.9 Å². The van der Waals surface area contributed by atoms with E-state index in [0.29, 0.717) is 5.92 Å². The third kappa shape index (κ3) is 4.94. The van der Waals surface area contributed by atoms with Crippen molar-refractivity contribution in [2.75, 3.05) is 11.9 Å². The smallest absolute Gasteiger partial charge is 0.322 e. The molecule has 40 heavy (non-hydrogen) atoms. The Labute approximate surface area is 235 Å². The molecule has 3 atom stereocenters. The highest BCUT2D eigenvalue weighted by Gasteiger charge is 2.37. The lowest BCUT2D eigenvalue weighted by Crippen LogP contribution is -2.40. The van der Waals surface area contributed by atoms with Gasteiger partial charge < -0.3 is 5.32 Å². The molecule has 5 nitrogen and oxygen atoms in total. The lowest BCUT2D eigenvalue weighted by molar-refractivity contribution is 0.241. The van der Waals surface area contributed by atoms with E-state index in [-0.39, 0.29) is 23.8 Å².